The number of benzene rings is 1. The Bertz CT molecular complexity index is 1440. The van der Waals surface area contributed by atoms with Gasteiger partial charge in [0.05, 0.1) is 29.7 Å². The van der Waals surface area contributed by atoms with Crippen molar-refractivity contribution in [3.05, 3.63) is 77.7 Å². The van der Waals surface area contributed by atoms with E-state index in [0.29, 0.717) is 29.1 Å². The van der Waals surface area contributed by atoms with Crippen LogP contribution in [0, 0.1) is 0 Å². The van der Waals surface area contributed by atoms with E-state index in [1.807, 2.05) is 60.3 Å². The molecule has 0 aliphatic carbocycles. The Morgan fingerprint density at radius 1 is 1.11 bits per heavy atom. The number of rotatable bonds is 4. The highest BCUT2D eigenvalue weighted by Gasteiger charge is 2.39. The van der Waals surface area contributed by atoms with Crippen LogP contribution in [0.3, 0.4) is 0 Å². The number of imide groups is 1. The molecule has 0 saturated heterocycles. The summed E-state index contributed by atoms with van der Waals surface area (Å²) in [5.41, 5.74) is 4.40. The highest BCUT2D eigenvalue weighted by atomic mass is 16.6. The summed E-state index contributed by atoms with van der Waals surface area (Å²) in [4.78, 5) is 36.9. The molecular formula is C27H27N5O3. The maximum Gasteiger partial charge on any atom is 0.417 e. The van der Waals surface area contributed by atoms with E-state index in [0.717, 1.165) is 27.1 Å². The maximum absolute atomic E-state index is 13.5. The number of fused-ring (bicyclic) bond motifs is 2. The SMILES string of the molecule is Cn1ccc2c(-c3ncc(NCc4ccccc4)c4c3CN(C(=O)OC(C)(C)C)C4=O)ccnc21. The Morgan fingerprint density at radius 3 is 2.63 bits per heavy atom. The van der Waals surface area contributed by atoms with Crippen molar-refractivity contribution in [3.63, 3.8) is 0 Å². The summed E-state index contributed by atoms with van der Waals surface area (Å²) >= 11 is 0. The number of aryl methyl sites for hydroxylation is 1. The molecule has 3 aromatic heterocycles. The van der Waals surface area contributed by atoms with Crippen molar-refractivity contribution in [2.24, 2.45) is 7.05 Å². The van der Waals surface area contributed by atoms with Crippen LogP contribution in [0.4, 0.5) is 10.5 Å². The topological polar surface area (TPSA) is 89.4 Å². The number of nitrogens with one attached hydrogen (secondary N) is 1. The lowest BCUT2D eigenvalue weighted by Crippen LogP contribution is -2.37. The van der Waals surface area contributed by atoms with E-state index in [-0.39, 0.29) is 6.54 Å². The number of hydrogen-bond donors (Lipinski definition) is 1. The first-order valence-electron chi connectivity index (χ1n) is 11.5. The van der Waals surface area contributed by atoms with Gasteiger partial charge < -0.3 is 14.6 Å². The fourth-order valence-electron chi connectivity index (χ4n) is 4.31. The maximum atomic E-state index is 13.5. The van der Waals surface area contributed by atoms with Gasteiger partial charge in [-0.3, -0.25) is 9.78 Å². The van der Waals surface area contributed by atoms with Crippen LogP contribution >= 0.6 is 0 Å². The third kappa shape index (κ3) is 4.23. The molecule has 4 aromatic rings. The zero-order chi connectivity index (χ0) is 24.7. The standard InChI is InChI=1S/C27H27N5O3/c1-27(2,3)35-26(34)32-16-20-22(25(32)33)21(29-14-17-8-6-5-7-9-17)15-30-23(20)18-10-12-28-24-19(18)11-13-31(24)4/h5-13,15,29H,14,16H2,1-4H3. The number of carbonyl (C=O) groups is 2. The number of amides is 2. The van der Waals surface area contributed by atoms with Crippen LogP contribution in [0.15, 0.2) is 61.1 Å². The third-order valence-electron chi connectivity index (χ3n) is 5.92. The molecule has 0 saturated carbocycles. The number of ether oxygens (including phenoxy) is 1. The van der Waals surface area contributed by atoms with Gasteiger partial charge in [-0.05, 0) is 38.5 Å². The van der Waals surface area contributed by atoms with E-state index in [1.165, 1.54) is 0 Å². The quantitative estimate of drug-likeness (QED) is 0.445. The zero-order valence-electron chi connectivity index (χ0n) is 20.2. The molecule has 1 aromatic carbocycles. The van der Waals surface area contributed by atoms with Gasteiger partial charge in [0.25, 0.3) is 5.91 Å². The van der Waals surface area contributed by atoms with Crippen molar-refractivity contribution in [3.8, 4) is 11.3 Å². The van der Waals surface area contributed by atoms with Crippen molar-refractivity contribution >= 4 is 28.7 Å². The smallest absolute Gasteiger partial charge is 0.417 e. The lowest BCUT2D eigenvalue weighted by molar-refractivity contribution is 0.0248. The lowest BCUT2D eigenvalue weighted by atomic mass is 10.0. The third-order valence-corrected chi connectivity index (χ3v) is 5.92. The molecule has 2 amide bonds. The summed E-state index contributed by atoms with van der Waals surface area (Å²) in [7, 11) is 1.93. The van der Waals surface area contributed by atoms with Crippen molar-refractivity contribution in [1.29, 1.82) is 0 Å². The Kier molecular flexibility index (Phi) is 5.51. The van der Waals surface area contributed by atoms with Crippen molar-refractivity contribution in [2.45, 2.75) is 39.5 Å². The van der Waals surface area contributed by atoms with E-state index in [9.17, 15) is 9.59 Å². The summed E-state index contributed by atoms with van der Waals surface area (Å²) in [5, 5.41) is 4.27. The van der Waals surface area contributed by atoms with Crippen LogP contribution in [0.1, 0.15) is 42.3 Å². The minimum Gasteiger partial charge on any atom is -0.443 e. The number of pyridine rings is 2. The number of hydrogen-bond acceptors (Lipinski definition) is 6. The van der Waals surface area contributed by atoms with Crippen LogP contribution < -0.4 is 5.32 Å². The van der Waals surface area contributed by atoms with Gasteiger partial charge in [-0.2, -0.15) is 0 Å². The average molecular weight is 470 g/mol. The predicted octanol–water partition coefficient (Wildman–Crippen LogP) is 5.14. The van der Waals surface area contributed by atoms with Gasteiger partial charge in [-0.1, -0.05) is 30.3 Å². The second-order valence-corrected chi connectivity index (χ2v) is 9.61. The predicted molar refractivity (Wildman–Crippen MR) is 134 cm³/mol. The monoisotopic (exact) mass is 469 g/mol. The molecule has 178 valence electrons. The molecule has 4 heterocycles. The van der Waals surface area contributed by atoms with E-state index >= 15 is 0 Å². The Labute approximate surface area is 203 Å². The van der Waals surface area contributed by atoms with Crippen LogP contribution in [-0.4, -0.2) is 37.0 Å². The van der Waals surface area contributed by atoms with E-state index in [1.54, 1.807) is 33.2 Å². The van der Waals surface area contributed by atoms with Crippen molar-refractivity contribution < 1.29 is 14.3 Å². The fourth-order valence-corrected chi connectivity index (χ4v) is 4.31. The molecule has 8 heteroatoms. The van der Waals surface area contributed by atoms with Crippen LogP contribution in [0.5, 0.6) is 0 Å². The lowest BCUT2D eigenvalue weighted by Gasteiger charge is -2.23. The highest BCUT2D eigenvalue weighted by Crippen LogP contribution is 2.38. The van der Waals surface area contributed by atoms with Gasteiger partial charge >= 0.3 is 6.09 Å². The molecular weight excluding hydrogens is 442 g/mol. The Hall–Kier alpha value is -4.20. The van der Waals surface area contributed by atoms with Gasteiger partial charge in [-0.15, -0.1) is 0 Å². The van der Waals surface area contributed by atoms with Crippen LogP contribution in [-0.2, 0) is 24.9 Å². The molecule has 0 atom stereocenters. The minimum absolute atomic E-state index is 0.0862. The Balaban J connectivity index is 1.59. The van der Waals surface area contributed by atoms with Gasteiger partial charge in [-0.25, -0.2) is 14.7 Å². The normalized spacial score (nSPS) is 13.3. The largest absolute Gasteiger partial charge is 0.443 e. The number of nitrogens with zero attached hydrogens (tertiary/aromatic N) is 4. The fraction of sp³-hybridized carbons (Fsp3) is 0.259. The van der Waals surface area contributed by atoms with Crippen LogP contribution in [0.2, 0.25) is 0 Å². The second-order valence-electron chi connectivity index (χ2n) is 9.61. The molecule has 0 radical (unpaired) electrons. The van der Waals surface area contributed by atoms with Crippen molar-refractivity contribution in [1.82, 2.24) is 19.4 Å². The first-order chi connectivity index (χ1) is 16.7. The molecule has 1 aliphatic heterocycles. The molecule has 0 bridgehead atoms. The molecule has 1 N–H and O–H groups in total. The average Bonchev–Trinajstić information content (AvgIpc) is 3.38. The summed E-state index contributed by atoms with van der Waals surface area (Å²) in [6.45, 7) is 5.94. The van der Waals surface area contributed by atoms with E-state index in [4.69, 9.17) is 9.72 Å². The van der Waals surface area contributed by atoms with Gasteiger partial charge in [0.1, 0.15) is 11.2 Å². The summed E-state index contributed by atoms with van der Waals surface area (Å²) in [5.74, 6) is -0.396. The Morgan fingerprint density at radius 2 is 1.89 bits per heavy atom. The number of anilines is 1. The van der Waals surface area contributed by atoms with Crippen LogP contribution in [0.25, 0.3) is 22.3 Å². The number of carbonyl (C=O) groups excluding carboxylic acids is 2. The molecule has 5 rings (SSSR count). The second kappa shape index (κ2) is 8.54. The van der Waals surface area contributed by atoms with E-state index < -0.39 is 17.6 Å². The van der Waals surface area contributed by atoms with Gasteiger partial charge in [0.15, 0.2) is 0 Å². The molecule has 35 heavy (non-hydrogen) atoms. The molecule has 1 aliphatic rings. The summed E-state index contributed by atoms with van der Waals surface area (Å²) in [6, 6.07) is 13.8. The zero-order valence-corrected chi connectivity index (χ0v) is 20.2. The molecule has 8 nitrogen and oxygen atoms in total. The van der Waals surface area contributed by atoms with Crippen molar-refractivity contribution in [2.75, 3.05) is 5.32 Å². The number of aromatic nitrogens is 3. The first-order valence-corrected chi connectivity index (χ1v) is 11.5. The first kappa shape index (κ1) is 22.6. The molecule has 0 spiro atoms. The summed E-state index contributed by atoms with van der Waals surface area (Å²) < 4.78 is 7.46. The molecule has 0 unspecified atom stereocenters. The van der Waals surface area contributed by atoms with Gasteiger partial charge in [0, 0.05) is 42.5 Å². The minimum atomic E-state index is -0.719. The summed E-state index contributed by atoms with van der Waals surface area (Å²) in [6.07, 6.45) is 4.67. The highest BCUT2D eigenvalue weighted by molar-refractivity contribution is 6.11. The molecule has 0 fully saturated rings. The van der Waals surface area contributed by atoms with E-state index in [2.05, 4.69) is 10.3 Å². The van der Waals surface area contributed by atoms with Gasteiger partial charge in [0.2, 0.25) is 0 Å².